The lowest BCUT2D eigenvalue weighted by Crippen LogP contribution is -2.26. The van der Waals surface area contributed by atoms with Gasteiger partial charge in [0.25, 0.3) is 5.56 Å². The predicted molar refractivity (Wildman–Crippen MR) is 81.9 cm³/mol. The van der Waals surface area contributed by atoms with Crippen molar-refractivity contribution in [2.24, 2.45) is 11.8 Å². The minimum absolute atomic E-state index is 0.0693. The molecule has 0 N–H and O–H groups in total. The molecule has 0 bridgehead atoms. The van der Waals surface area contributed by atoms with Gasteiger partial charge in [-0.2, -0.15) is 5.10 Å². The summed E-state index contributed by atoms with van der Waals surface area (Å²) in [5.74, 6) is 0.413. The Morgan fingerprint density at radius 3 is 2.83 bits per heavy atom. The van der Waals surface area contributed by atoms with Crippen molar-refractivity contribution in [3.8, 4) is 0 Å². The van der Waals surface area contributed by atoms with Gasteiger partial charge in [-0.3, -0.25) is 9.48 Å². The van der Waals surface area contributed by atoms with Gasteiger partial charge in [-0.05, 0) is 6.07 Å². The van der Waals surface area contributed by atoms with E-state index in [1.165, 1.54) is 15.4 Å². The first kappa shape index (κ1) is 13.8. The monoisotopic (exact) mass is 327 g/mol. The Morgan fingerprint density at radius 1 is 1.25 bits per heavy atom. The summed E-state index contributed by atoms with van der Waals surface area (Å²) in [6, 6.07) is 6.57. The molecule has 5 rings (SSSR count). The van der Waals surface area contributed by atoms with Gasteiger partial charge in [-0.1, -0.05) is 23.4 Å². The fourth-order valence-electron chi connectivity index (χ4n) is 3.53. The maximum Gasteiger partial charge on any atom is 0.298 e. The number of hydrogen-bond donors (Lipinski definition) is 0. The normalized spacial score (nSPS) is 25.1. The molecular weight excluding hydrogens is 313 g/mol. The molecule has 8 heteroatoms. The lowest BCUT2D eigenvalue weighted by molar-refractivity contribution is 0.149. The molecule has 1 aliphatic heterocycles. The zero-order valence-electron chi connectivity index (χ0n) is 12.7. The van der Waals surface area contributed by atoms with E-state index in [9.17, 15) is 9.18 Å². The topological polar surface area (TPSA) is 74.8 Å². The van der Waals surface area contributed by atoms with Crippen molar-refractivity contribution in [2.75, 3.05) is 13.2 Å². The quantitative estimate of drug-likeness (QED) is 0.717. The van der Waals surface area contributed by atoms with Crippen molar-refractivity contribution in [1.82, 2.24) is 24.8 Å². The largest absolute Gasteiger partial charge is 0.381 e. The van der Waals surface area contributed by atoms with E-state index in [1.54, 1.807) is 24.4 Å². The van der Waals surface area contributed by atoms with Gasteiger partial charge in [-0.15, -0.1) is 5.10 Å². The highest BCUT2D eigenvalue weighted by Gasteiger charge is 2.56. The summed E-state index contributed by atoms with van der Waals surface area (Å²) in [5.41, 5.74) is 0.959. The molecule has 122 valence electrons. The third-order valence-electron chi connectivity index (χ3n) is 4.88. The molecule has 0 spiro atoms. The Labute approximate surface area is 135 Å². The van der Waals surface area contributed by atoms with Crippen molar-refractivity contribution >= 4 is 11.0 Å². The molecule has 0 amide bonds. The summed E-state index contributed by atoms with van der Waals surface area (Å²) in [5, 5.41) is 12.5. The Morgan fingerprint density at radius 2 is 2.04 bits per heavy atom. The van der Waals surface area contributed by atoms with E-state index >= 15 is 0 Å². The number of benzene rings is 1. The standard InChI is InChI=1S/C16H14FN5O2/c17-12-4-2-1-3-9(12)5-21-6-13-14(19-21)16(23)22(20-18-13)15-10-7-24-8-11(10)15/h1-4,6,10-11,15H,5,7-8H2/t10-,11+,15?. The predicted octanol–water partition coefficient (Wildman–Crippen LogP) is 0.993. The number of ether oxygens (including phenoxy) is 1. The van der Waals surface area contributed by atoms with E-state index in [4.69, 9.17) is 4.74 Å². The van der Waals surface area contributed by atoms with Gasteiger partial charge in [0.2, 0.25) is 0 Å². The van der Waals surface area contributed by atoms with Crippen molar-refractivity contribution in [3.63, 3.8) is 0 Å². The maximum atomic E-state index is 13.8. The van der Waals surface area contributed by atoms with Crippen molar-refractivity contribution in [2.45, 2.75) is 12.6 Å². The number of fused-ring (bicyclic) bond motifs is 2. The molecule has 1 aromatic carbocycles. The highest BCUT2D eigenvalue weighted by atomic mass is 19.1. The summed E-state index contributed by atoms with van der Waals surface area (Å²) in [6.07, 6.45) is 1.62. The van der Waals surface area contributed by atoms with Gasteiger partial charge in [0.1, 0.15) is 11.3 Å². The second-order valence-electron chi connectivity index (χ2n) is 6.35. The van der Waals surface area contributed by atoms with E-state index in [0.29, 0.717) is 36.1 Å². The van der Waals surface area contributed by atoms with Crippen LogP contribution in [0.5, 0.6) is 0 Å². The lowest BCUT2D eigenvalue weighted by Gasteiger charge is -2.05. The summed E-state index contributed by atoms with van der Waals surface area (Å²) < 4.78 is 22.1. The van der Waals surface area contributed by atoms with E-state index in [1.807, 2.05) is 0 Å². The molecule has 1 unspecified atom stereocenters. The SMILES string of the molecule is O=c1c2nn(Cc3ccccc3F)cc2nnn1C1[C@H]2COC[C@@H]12. The van der Waals surface area contributed by atoms with Crippen LogP contribution in [-0.2, 0) is 11.3 Å². The summed E-state index contributed by atoms with van der Waals surface area (Å²) >= 11 is 0. The number of aromatic nitrogens is 5. The second kappa shape index (κ2) is 4.94. The van der Waals surface area contributed by atoms with Crippen LogP contribution >= 0.6 is 0 Å². The Kier molecular flexibility index (Phi) is 2.84. The molecule has 1 aliphatic carbocycles. The molecule has 2 fully saturated rings. The Bertz CT molecular complexity index is 988. The van der Waals surface area contributed by atoms with Crippen LogP contribution in [0.1, 0.15) is 11.6 Å². The molecule has 7 nitrogen and oxygen atoms in total. The van der Waals surface area contributed by atoms with Gasteiger partial charge >= 0.3 is 0 Å². The average molecular weight is 327 g/mol. The molecule has 1 saturated heterocycles. The van der Waals surface area contributed by atoms with Crippen LogP contribution in [0.2, 0.25) is 0 Å². The van der Waals surface area contributed by atoms with Crippen molar-refractivity contribution in [3.05, 3.63) is 52.2 Å². The first-order valence-corrected chi connectivity index (χ1v) is 7.86. The number of hydrogen-bond acceptors (Lipinski definition) is 5. The number of halogens is 1. The molecule has 24 heavy (non-hydrogen) atoms. The second-order valence-corrected chi connectivity index (χ2v) is 6.35. The lowest BCUT2D eigenvalue weighted by atomic mass is 10.2. The van der Waals surface area contributed by atoms with Crippen LogP contribution in [0, 0.1) is 17.7 Å². The molecule has 3 heterocycles. The van der Waals surface area contributed by atoms with Crippen LogP contribution in [-0.4, -0.2) is 38.0 Å². The molecule has 2 aromatic heterocycles. The molecule has 3 aromatic rings. The summed E-state index contributed by atoms with van der Waals surface area (Å²) in [6.45, 7) is 1.58. The molecular formula is C16H14FN5O2. The molecule has 2 aliphatic rings. The van der Waals surface area contributed by atoms with Crippen LogP contribution in [0.3, 0.4) is 0 Å². The van der Waals surface area contributed by atoms with E-state index in [0.717, 1.165) is 0 Å². The van der Waals surface area contributed by atoms with E-state index in [2.05, 4.69) is 15.4 Å². The van der Waals surface area contributed by atoms with Crippen molar-refractivity contribution in [1.29, 1.82) is 0 Å². The molecule has 1 saturated carbocycles. The maximum absolute atomic E-state index is 13.8. The third kappa shape index (κ3) is 1.99. The fourth-order valence-corrected chi connectivity index (χ4v) is 3.53. The zero-order chi connectivity index (χ0) is 16.3. The molecule has 3 atom stereocenters. The first-order valence-electron chi connectivity index (χ1n) is 7.86. The fraction of sp³-hybridized carbons (Fsp3) is 0.375. The van der Waals surface area contributed by atoms with Gasteiger partial charge in [-0.25, -0.2) is 9.07 Å². The van der Waals surface area contributed by atoms with Crippen LogP contribution in [0.4, 0.5) is 4.39 Å². The van der Waals surface area contributed by atoms with Gasteiger partial charge in [0.15, 0.2) is 5.52 Å². The summed E-state index contributed by atoms with van der Waals surface area (Å²) in [7, 11) is 0. The Balaban J connectivity index is 1.51. The first-order chi connectivity index (χ1) is 11.7. The van der Waals surface area contributed by atoms with Gasteiger partial charge in [0.05, 0.1) is 32.0 Å². The van der Waals surface area contributed by atoms with E-state index < -0.39 is 0 Å². The number of rotatable bonds is 3. The highest BCUT2D eigenvalue weighted by Crippen LogP contribution is 2.53. The highest BCUT2D eigenvalue weighted by molar-refractivity contribution is 5.71. The van der Waals surface area contributed by atoms with Gasteiger partial charge < -0.3 is 4.74 Å². The average Bonchev–Trinajstić information content (AvgIpc) is 2.94. The smallest absolute Gasteiger partial charge is 0.298 e. The van der Waals surface area contributed by atoms with Crippen LogP contribution in [0.25, 0.3) is 11.0 Å². The molecule has 0 radical (unpaired) electrons. The van der Waals surface area contributed by atoms with Gasteiger partial charge in [0, 0.05) is 17.4 Å². The summed E-state index contributed by atoms with van der Waals surface area (Å²) in [4.78, 5) is 12.6. The van der Waals surface area contributed by atoms with Crippen molar-refractivity contribution < 1.29 is 9.13 Å². The van der Waals surface area contributed by atoms with Crippen LogP contribution < -0.4 is 5.56 Å². The number of nitrogens with zero attached hydrogens (tertiary/aromatic N) is 5. The zero-order valence-corrected chi connectivity index (χ0v) is 12.7. The third-order valence-corrected chi connectivity index (χ3v) is 4.88. The minimum atomic E-state index is -0.300. The Hall–Kier alpha value is -2.61. The van der Waals surface area contributed by atoms with E-state index in [-0.39, 0.29) is 29.5 Å². The minimum Gasteiger partial charge on any atom is -0.381 e. The van der Waals surface area contributed by atoms with Crippen LogP contribution in [0.15, 0.2) is 35.3 Å².